The number of hydrazine groups is 1. The summed E-state index contributed by atoms with van der Waals surface area (Å²) in [5, 5.41) is 3.38. The molecule has 1 rings (SSSR count). The maximum absolute atomic E-state index is 11.8. The van der Waals surface area contributed by atoms with Crippen LogP contribution in [0.3, 0.4) is 0 Å². The molecule has 0 spiro atoms. The fraction of sp³-hybridized carbons (Fsp3) is 0.438. The number of hydrogen-bond donors (Lipinski definition) is 3. The van der Waals surface area contributed by atoms with E-state index in [1.54, 1.807) is 12.1 Å². The lowest BCUT2D eigenvalue weighted by molar-refractivity contribution is -0.129. The zero-order chi connectivity index (χ0) is 17.9. The molecule has 0 heterocycles. The fourth-order valence-corrected chi connectivity index (χ4v) is 2.29. The summed E-state index contributed by atoms with van der Waals surface area (Å²) in [5.74, 6) is -1.03. The van der Waals surface area contributed by atoms with Crippen molar-refractivity contribution in [1.82, 2.24) is 10.9 Å². The molecule has 0 radical (unpaired) electrons. The van der Waals surface area contributed by atoms with Crippen LogP contribution in [0.25, 0.3) is 0 Å². The van der Waals surface area contributed by atoms with Crippen LogP contribution in [0.5, 0.6) is 0 Å². The Kier molecular flexibility index (Phi) is 9.19. The number of nitrogens with one attached hydrogen (secondary N) is 3. The fourth-order valence-electron chi connectivity index (χ4n) is 1.83. The molecule has 0 bridgehead atoms. The van der Waals surface area contributed by atoms with Gasteiger partial charge in [0.15, 0.2) is 0 Å². The molecule has 1 aromatic carbocycles. The summed E-state index contributed by atoms with van der Waals surface area (Å²) in [6.07, 6.45) is 3.05. The van der Waals surface area contributed by atoms with Gasteiger partial charge in [-0.3, -0.25) is 25.2 Å². The van der Waals surface area contributed by atoms with Crippen molar-refractivity contribution in [2.75, 3.05) is 5.32 Å². The van der Waals surface area contributed by atoms with E-state index in [0.29, 0.717) is 22.2 Å². The third kappa shape index (κ3) is 8.17. The molecule has 0 saturated carbocycles. The molecule has 3 N–H and O–H groups in total. The van der Waals surface area contributed by atoms with Gasteiger partial charge in [-0.2, -0.15) is 0 Å². The van der Waals surface area contributed by atoms with Crippen LogP contribution in [0.15, 0.2) is 18.2 Å². The molecule has 0 saturated heterocycles. The third-order valence-corrected chi connectivity index (χ3v) is 3.68. The van der Waals surface area contributed by atoms with Gasteiger partial charge in [0.2, 0.25) is 17.7 Å². The van der Waals surface area contributed by atoms with Crippen LogP contribution in [0, 0.1) is 0 Å². The minimum absolute atomic E-state index is 0.0313. The Hall–Kier alpha value is -1.79. The molecule has 6 nitrogen and oxygen atoms in total. The van der Waals surface area contributed by atoms with Crippen LogP contribution in [0.1, 0.15) is 45.4 Å². The highest BCUT2D eigenvalue weighted by Crippen LogP contribution is 2.25. The smallest absolute Gasteiger partial charge is 0.238 e. The number of anilines is 1. The number of rotatable bonds is 8. The number of benzene rings is 1. The maximum Gasteiger partial charge on any atom is 0.238 e. The van der Waals surface area contributed by atoms with Crippen LogP contribution in [0.2, 0.25) is 10.0 Å². The second kappa shape index (κ2) is 10.9. The molecule has 0 aromatic heterocycles. The summed E-state index contributed by atoms with van der Waals surface area (Å²) >= 11 is 11.7. The van der Waals surface area contributed by atoms with E-state index in [0.717, 1.165) is 19.3 Å². The average Bonchev–Trinajstić information content (AvgIpc) is 2.54. The second-order valence-electron chi connectivity index (χ2n) is 5.23. The SMILES string of the molecule is CCCCCC(=O)NNC(=O)CCC(=O)Nc1ccc(Cl)cc1Cl. The predicted molar refractivity (Wildman–Crippen MR) is 94.8 cm³/mol. The van der Waals surface area contributed by atoms with E-state index in [4.69, 9.17) is 23.2 Å². The monoisotopic (exact) mass is 373 g/mol. The molecule has 1 aromatic rings. The highest BCUT2D eigenvalue weighted by atomic mass is 35.5. The Bertz CT molecular complexity index is 594. The Morgan fingerprint density at radius 1 is 0.917 bits per heavy atom. The van der Waals surface area contributed by atoms with Gasteiger partial charge in [-0.15, -0.1) is 0 Å². The quantitative estimate of drug-likeness (QED) is 0.481. The molecule has 0 atom stereocenters. The van der Waals surface area contributed by atoms with Gasteiger partial charge in [0, 0.05) is 24.3 Å². The minimum Gasteiger partial charge on any atom is -0.325 e. The third-order valence-electron chi connectivity index (χ3n) is 3.13. The zero-order valence-corrected chi connectivity index (χ0v) is 15.0. The number of halogens is 2. The van der Waals surface area contributed by atoms with E-state index in [1.807, 2.05) is 6.92 Å². The van der Waals surface area contributed by atoms with Gasteiger partial charge in [0.25, 0.3) is 0 Å². The molecule has 0 unspecified atom stereocenters. The molecule has 0 fully saturated rings. The van der Waals surface area contributed by atoms with E-state index in [-0.39, 0.29) is 24.7 Å². The van der Waals surface area contributed by atoms with Crippen molar-refractivity contribution in [3.8, 4) is 0 Å². The summed E-state index contributed by atoms with van der Waals surface area (Å²) in [6.45, 7) is 2.04. The largest absolute Gasteiger partial charge is 0.325 e. The first-order valence-corrected chi connectivity index (χ1v) is 8.50. The average molecular weight is 374 g/mol. The number of amides is 3. The van der Waals surface area contributed by atoms with Gasteiger partial charge in [-0.25, -0.2) is 0 Å². The first-order valence-electron chi connectivity index (χ1n) is 7.75. The topological polar surface area (TPSA) is 87.3 Å². The van der Waals surface area contributed by atoms with E-state index in [1.165, 1.54) is 6.07 Å². The highest BCUT2D eigenvalue weighted by Gasteiger charge is 2.10. The van der Waals surface area contributed by atoms with Gasteiger partial charge in [-0.05, 0) is 24.6 Å². The Balaban J connectivity index is 2.26. The maximum atomic E-state index is 11.8. The molecule has 3 amide bonds. The van der Waals surface area contributed by atoms with Crippen LogP contribution >= 0.6 is 23.2 Å². The standard InChI is InChI=1S/C16H21Cl2N3O3/c1-2-3-4-5-15(23)20-21-16(24)9-8-14(22)19-13-7-6-11(17)10-12(13)18/h6-7,10H,2-5,8-9H2,1H3,(H,19,22)(H,20,23)(H,21,24). The van der Waals surface area contributed by atoms with Gasteiger partial charge in [-0.1, -0.05) is 43.0 Å². The summed E-state index contributed by atoms with van der Waals surface area (Å²) in [6, 6.07) is 4.70. The molecular formula is C16H21Cl2N3O3. The van der Waals surface area contributed by atoms with E-state index in [2.05, 4.69) is 16.2 Å². The van der Waals surface area contributed by atoms with Gasteiger partial charge < -0.3 is 5.32 Å². The van der Waals surface area contributed by atoms with E-state index in [9.17, 15) is 14.4 Å². The molecule has 0 aliphatic heterocycles. The summed E-state index contributed by atoms with van der Waals surface area (Å²) in [5.41, 5.74) is 5.04. The number of unbranched alkanes of at least 4 members (excludes halogenated alkanes) is 2. The molecular weight excluding hydrogens is 353 g/mol. The first-order chi connectivity index (χ1) is 11.4. The molecule has 0 aliphatic rings. The summed E-state index contributed by atoms with van der Waals surface area (Å²) in [4.78, 5) is 34.8. The zero-order valence-electron chi connectivity index (χ0n) is 13.5. The van der Waals surface area contributed by atoms with Crippen LogP contribution in [0.4, 0.5) is 5.69 Å². The summed E-state index contributed by atoms with van der Waals surface area (Å²) in [7, 11) is 0. The van der Waals surface area contributed by atoms with Crippen molar-refractivity contribution in [2.24, 2.45) is 0 Å². The lowest BCUT2D eigenvalue weighted by atomic mass is 10.2. The van der Waals surface area contributed by atoms with Crippen LogP contribution in [-0.2, 0) is 14.4 Å². The molecule has 8 heteroatoms. The Morgan fingerprint density at radius 3 is 2.17 bits per heavy atom. The Morgan fingerprint density at radius 2 is 1.54 bits per heavy atom. The van der Waals surface area contributed by atoms with Crippen molar-refractivity contribution < 1.29 is 14.4 Å². The first kappa shape index (κ1) is 20.3. The molecule has 132 valence electrons. The molecule has 0 aliphatic carbocycles. The normalized spacial score (nSPS) is 10.1. The van der Waals surface area contributed by atoms with Crippen LogP contribution in [-0.4, -0.2) is 17.7 Å². The lowest BCUT2D eigenvalue weighted by Crippen LogP contribution is -2.41. The highest BCUT2D eigenvalue weighted by molar-refractivity contribution is 6.36. The molecule has 24 heavy (non-hydrogen) atoms. The van der Waals surface area contributed by atoms with Crippen molar-refractivity contribution >= 4 is 46.6 Å². The van der Waals surface area contributed by atoms with Gasteiger partial charge >= 0.3 is 0 Å². The van der Waals surface area contributed by atoms with Crippen molar-refractivity contribution in [2.45, 2.75) is 45.4 Å². The van der Waals surface area contributed by atoms with E-state index >= 15 is 0 Å². The Labute approximate surface area is 151 Å². The van der Waals surface area contributed by atoms with Gasteiger partial charge in [0.05, 0.1) is 10.7 Å². The summed E-state index contributed by atoms with van der Waals surface area (Å²) < 4.78 is 0. The van der Waals surface area contributed by atoms with E-state index < -0.39 is 5.91 Å². The van der Waals surface area contributed by atoms with Crippen molar-refractivity contribution in [3.05, 3.63) is 28.2 Å². The van der Waals surface area contributed by atoms with Crippen LogP contribution < -0.4 is 16.2 Å². The minimum atomic E-state index is -0.434. The van der Waals surface area contributed by atoms with Gasteiger partial charge in [0.1, 0.15) is 0 Å². The van der Waals surface area contributed by atoms with Crippen molar-refractivity contribution in [3.63, 3.8) is 0 Å². The number of carbonyl (C=O) groups is 3. The number of hydrogen-bond acceptors (Lipinski definition) is 3. The lowest BCUT2D eigenvalue weighted by Gasteiger charge is -2.09. The predicted octanol–water partition coefficient (Wildman–Crippen LogP) is 3.44. The van der Waals surface area contributed by atoms with Crippen molar-refractivity contribution in [1.29, 1.82) is 0 Å². The number of carbonyl (C=O) groups excluding carboxylic acids is 3. The second-order valence-corrected chi connectivity index (χ2v) is 6.07.